The number of para-hydroxylation sites is 1. The second-order valence-electron chi connectivity index (χ2n) is 7.23. The summed E-state index contributed by atoms with van der Waals surface area (Å²) >= 11 is 1.29. The van der Waals surface area contributed by atoms with Crippen molar-refractivity contribution in [1.82, 2.24) is 14.9 Å². The number of carbonyl (C=O) groups is 1. The first-order valence-corrected chi connectivity index (χ1v) is 11.4. The first-order chi connectivity index (χ1) is 15.2. The second-order valence-corrected chi connectivity index (χ2v) is 8.18. The van der Waals surface area contributed by atoms with Gasteiger partial charge in [-0.25, -0.2) is 4.98 Å². The van der Waals surface area contributed by atoms with Crippen molar-refractivity contribution >= 4 is 28.6 Å². The van der Waals surface area contributed by atoms with Crippen molar-refractivity contribution < 1.29 is 14.3 Å². The summed E-state index contributed by atoms with van der Waals surface area (Å²) in [5.41, 5.74) is 1.67. The summed E-state index contributed by atoms with van der Waals surface area (Å²) in [6.45, 7) is 4.23. The van der Waals surface area contributed by atoms with Crippen LogP contribution in [0.4, 0.5) is 0 Å². The van der Waals surface area contributed by atoms with Crippen LogP contribution in [0.2, 0.25) is 0 Å². The molecule has 2 aromatic carbocycles. The van der Waals surface area contributed by atoms with Crippen molar-refractivity contribution in [3.63, 3.8) is 0 Å². The highest BCUT2D eigenvalue weighted by atomic mass is 32.2. The topological polar surface area (TPSA) is 82.5 Å². The van der Waals surface area contributed by atoms with Gasteiger partial charge in [-0.1, -0.05) is 36.9 Å². The molecular weight excluding hydrogens is 414 g/mol. The third kappa shape index (κ3) is 5.02. The number of thioether (sulfide) groups is 1. The predicted octanol–water partition coefficient (Wildman–Crippen LogP) is 3.03. The number of nitrogens with zero attached hydrogens (tertiary/aromatic N) is 2. The maximum Gasteiger partial charge on any atom is 0.262 e. The van der Waals surface area contributed by atoms with Crippen LogP contribution >= 0.6 is 11.8 Å². The molecule has 1 aliphatic rings. The summed E-state index contributed by atoms with van der Waals surface area (Å²) in [5.74, 6) is 1.63. The highest BCUT2D eigenvalue weighted by Gasteiger charge is 2.14. The number of amides is 1. The van der Waals surface area contributed by atoms with Crippen LogP contribution in [0.1, 0.15) is 18.9 Å². The van der Waals surface area contributed by atoms with Gasteiger partial charge in [0.25, 0.3) is 5.56 Å². The first kappa shape index (κ1) is 21.2. The van der Waals surface area contributed by atoms with Gasteiger partial charge >= 0.3 is 0 Å². The van der Waals surface area contributed by atoms with E-state index in [9.17, 15) is 9.59 Å². The van der Waals surface area contributed by atoms with Gasteiger partial charge in [-0.3, -0.25) is 14.2 Å². The largest absolute Gasteiger partial charge is 0.486 e. The van der Waals surface area contributed by atoms with Gasteiger partial charge < -0.3 is 14.8 Å². The average Bonchev–Trinajstić information content (AvgIpc) is 2.80. The van der Waals surface area contributed by atoms with Crippen LogP contribution in [-0.2, 0) is 17.8 Å². The van der Waals surface area contributed by atoms with Crippen LogP contribution in [-0.4, -0.2) is 41.0 Å². The Hall–Kier alpha value is -3.00. The molecule has 0 spiro atoms. The lowest BCUT2D eigenvalue weighted by molar-refractivity contribution is -0.118. The van der Waals surface area contributed by atoms with Crippen LogP contribution < -0.4 is 20.3 Å². The summed E-state index contributed by atoms with van der Waals surface area (Å²) in [5, 5.41) is 4.12. The Morgan fingerprint density at radius 2 is 1.97 bits per heavy atom. The van der Waals surface area contributed by atoms with E-state index in [1.165, 1.54) is 11.8 Å². The molecular formula is C23H25N3O4S. The monoisotopic (exact) mass is 439 g/mol. The molecule has 1 aromatic heterocycles. The molecule has 0 radical (unpaired) electrons. The van der Waals surface area contributed by atoms with E-state index < -0.39 is 0 Å². The van der Waals surface area contributed by atoms with Gasteiger partial charge in [0.1, 0.15) is 13.2 Å². The zero-order chi connectivity index (χ0) is 21.6. The van der Waals surface area contributed by atoms with E-state index in [0.29, 0.717) is 48.8 Å². The fourth-order valence-electron chi connectivity index (χ4n) is 3.45. The molecule has 0 atom stereocenters. The van der Waals surface area contributed by atoms with E-state index in [0.717, 1.165) is 23.5 Å². The van der Waals surface area contributed by atoms with Crippen LogP contribution in [0, 0.1) is 0 Å². The van der Waals surface area contributed by atoms with Crippen LogP contribution in [0.25, 0.3) is 10.9 Å². The van der Waals surface area contributed by atoms with E-state index in [-0.39, 0.29) is 17.2 Å². The number of nitrogens with one attached hydrogen (secondary N) is 1. The highest BCUT2D eigenvalue weighted by Crippen LogP contribution is 2.30. The quantitative estimate of drug-likeness (QED) is 0.429. The minimum atomic E-state index is -0.0898. The molecule has 1 amide bonds. The van der Waals surface area contributed by atoms with Crippen LogP contribution in [0.15, 0.2) is 52.4 Å². The van der Waals surface area contributed by atoms with Gasteiger partial charge in [0.05, 0.1) is 16.7 Å². The predicted molar refractivity (Wildman–Crippen MR) is 121 cm³/mol. The van der Waals surface area contributed by atoms with Gasteiger partial charge in [0, 0.05) is 13.1 Å². The Bertz CT molecular complexity index is 1150. The van der Waals surface area contributed by atoms with Crippen molar-refractivity contribution in [3.8, 4) is 11.5 Å². The molecule has 4 rings (SSSR count). The molecule has 0 bridgehead atoms. The molecule has 2 heterocycles. The van der Waals surface area contributed by atoms with E-state index in [2.05, 4.69) is 10.3 Å². The maximum atomic E-state index is 12.8. The summed E-state index contributed by atoms with van der Waals surface area (Å²) < 4.78 is 12.8. The number of carbonyl (C=O) groups excluding carboxylic acids is 1. The Morgan fingerprint density at radius 1 is 1.16 bits per heavy atom. The average molecular weight is 440 g/mol. The molecule has 162 valence electrons. The lowest BCUT2D eigenvalue weighted by atomic mass is 10.1. The number of fused-ring (bicyclic) bond motifs is 2. The molecule has 0 saturated carbocycles. The van der Waals surface area contributed by atoms with E-state index in [1.54, 1.807) is 10.6 Å². The SMILES string of the molecule is CCCn1c(SCC(=O)NCCc2ccc3c(c2)OCCO3)nc2ccccc2c1=O. The molecule has 1 aliphatic heterocycles. The summed E-state index contributed by atoms with van der Waals surface area (Å²) in [6.07, 6.45) is 1.51. The lowest BCUT2D eigenvalue weighted by Gasteiger charge is -2.18. The third-order valence-electron chi connectivity index (χ3n) is 4.95. The second kappa shape index (κ2) is 9.87. The Morgan fingerprint density at radius 3 is 2.81 bits per heavy atom. The molecule has 31 heavy (non-hydrogen) atoms. The summed E-state index contributed by atoms with van der Waals surface area (Å²) in [7, 11) is 0. The molecule has 7 nitrogen and oxygen atoms in total. The van der Waals surface area contributed by atoms with Crippen molar-refractivity contribution in [1.29, 1.82) is 0 Å². The maximum absolute atomic E-state index is 12.8. The lowest BCUT2D eigenvalue weighted by Crippen LogP contribution is -2.28. The number of ether oxygens (including phenoxy) is 2. The van der Waals surface area contributed by atoms with Gasteiger partial charge in [-0.2, -0.15) is 0 Å². The van der Waals surface area contributed by atoms with Gasteiger partial charge in [-0.05, 0) is 42.7 Å². The number of aromatic nitrogens is 2. The van der Waals surface area contributed by atoms with Gasteiger partial charge in [0.15, 0.2) is 16.7 Å². The fraction of sp³-hybridized carbons (Fsp3) is 0.348. The number of rotatable bonds is 8. The highest BCUT2D eigenvalue weighted by molar-refractivity contribution is 7.99. The molecule has 0 unspecified atom stereocenters. The van der Waals surface area contributed by atoms with Crippen LogP contribution in [0.5, 0.6) is 11.5 Å². The van der Waals surface area contributed by atoms with Crippen molar-refractivity contribution in [3.05, 3.63) is 58.4 Å². The fourth-order valence-corrected chi connectivity index (χ4v) is 4.30. The third-order valence-corrected chi connectivity index (χ3v) is 5.93. The summed E-state index contributed by atoms with van der Waals surface area (Å²) in [6, 6.07) is 13.1. The first-order valence-electron chi connectivity index (χ1n) is 10.4. The zero-order valence-electron chi connectivity index (χ0n) is 17.4. The van der Waals surface area contributed by atoms with Crippen molar-refractivity contribution in [2.75, 3.05) is 25.5 Å². The molecule has 0 saturated heterocycles. The molecule has 1 N–H and O–H groups in total. The zero-order valence-corrected chi connectivity index (χ0v) is 18.2. The molecule has 0 fully saturated rings. The number of benzene rings is 2. The van der Waals surface area contributed by atoms with Gasteiger partial charge in [0.2, 0.25) is 5.91 Å². The molecule has 8 heteroatoms. The number of hydrogen-bond acceptors (Lipinski definition) is 6. The minimum Gasteiger partial charge on any atom is -0.486 e. The van der Waals surface area contributed by atoms with Crippen molar-refractivity contribution in [2.45, 2.75) is 31.5 Å². The smallest absolute Gasteiger partial charge is 0.262 e. The Balaban J connectivity index is 1.35. The van der Waals surface area contributed by atoms with E-state index in [1.807, 2.05) is 43.3 Å². The molecule has 3 aromatic rings. The Labute approximate surface area is 184 Å². The number of hydrogen-bond donors (Lipinski definition) is 1. The normalized spacial score (nSPS) is 12.7. The minimum absolute atomic E-state index is 0.0611. The van der Waals surface area contributed by atoms with E-state index >= 15 is 0 Å². The standard InChI is InChI=1S/C23H25N3O4S/c1-2-11-26-22(28)17-5-3-4-6-18(17)25-23(26)31-15-21(27)24-10-9-16-7-8-19-20(14-16)30-13-12-29-19/h3-8,14H,2,9-13,15H2,1H3,(H,24,27). The molecule has 0 aliphatic carbocycles. The van der Waals surface area contributed by atoms with Crippen LogP contribution in [0.3, 0.4) is 0 Å². The van der Waals surface area contributed by atoms with Gasteiger partial charge in [-0.15, -0.1) is 0 Å². The van der Waals surface area contributed by atoms with E-state index in [4.69, 9.17) is 9.47 Å². The summed E-state index contributed by atoms with van der Waals surface area (Å²) in [4.78, 5) is 29.8. The van der Waals surface area contributed by atoms with Crippen molar-refractivity contribution in [2.24, 2.45) is 0 Å². The Kier molecular flexibility index (Phi) is 6.76.